The molecule has 1 aromatic heterocycles. The number of rotatable bonds is 2. The van der Waals surface area contributed by atoms with Gasteiger partial charge in [0.15, 0.2) is 0 Å². The van der Waals surface area contributed by atoms with Crippen LogP contribution in [0.3, 0.4) is 0 Å². The number of alkyl halides is 3. The maximum atomic E-state index is 14.6. The fourth-order valence-corrected chi connectivity index (χ4v) is 4.57. The maximum absolute atomic E-state index is 14.6. The molecule has 0 radical (unpaired) electrons. The van der Waals surface area contributed by atoms with Gasteiger partial charge in [-0.15, -0.1) is 0 Å². The Hall–Kier alpha value is -3.03. The molecule has 1 aliphatic carbocycles. The molecule has 0 unspecified atom stereocenters. The summed E-state index contributed by atoms with van der Waals surface area (Å²) < 4.78 is 55.2. The summed E-state index contributed by atoms with van der Waals surface area (Å²) in [5, 5.41) is 0.291. The largest absolute Gasteiger partial charge is 0.497 e. The van der Waals surface area contributed by atoms with E-state index in [0.29, 0.717) is 40.8 Å². The molecule has 1 aromatic carbocycles. The predicted molar refractivity (Wildman–Crippen MR) is 108 cm³/mol. The highest BCUT2D eigenvalue weighted by atomic mass is 19.4. The third kappa shape index (κ3) is 3.43. The van der Waals surface area contributed by atoms with Crippen molar-refractivity contribution < 1.29 is 32.2 Å². The summed E-state index contributed by atoms with van der Waals surface area (Å²) in [7, 11) is 3.09. The van der Waals surface area contributed by atoms with Gasteiger partial charge >= 0.3 is 18.1 Å². The summed E-state index contributed by atoms with van der Waals surface area (Å²) in [6.45, 7) is 1.56. The van der Waals surface area contributed by atoms with E-state index in [1.807, 2.05) is 0 Å². The van der Waals surface area contributed by atoms with Gasteiger partial charge in [-0.05, 0) is 50.8 Å². The van der Waals surface area contributed by atoms with Crippen molar-refractivity contribution in [3.05, 3.63) is 46.2 Å². The lowest BCUT2D eigenvalue weighted by molar-refractivity contribution is -0.150. The van der Waals surface area contributed by atoms with Gasteiger partial charge in [-0.3, -0.25) is 0 Å². The molecular formula is C23H22F3NO4. The van der Waals surface area contributed by atoms with Gasteiger partial charge < -0.3 is 14.0 Å². The number of hydrogen-bond acceptors (Lipinski definition) is 4. The molecule has 2 aliphatic rings. The van der Waals surface area contributed by atoms with Gasteiger partial charge in [-0.25, -0.2) is 9.59 Å². The van der Waals surface area contributed by atoms with Crippen LogP contribution in [0.5, 0.6) is 5.75 Å². The van der Waals surface area contributed by atoms with Gasteiger partial charge in [0.25, 0.3) is 0 Å². The zero-order valence-corrected chi connectivity index (χ0v) is 17.5. The van der Waals surface area contributed by atoms with Crippen LogP contribution in [0.1, 0.15) is 43.4 Å². The first kappa shape index (κ1) is 21.2. The smallest absolute Gasteiger partial charge is 0.417 e. The molecular weight excluding hydrogens is 411 g/mol. The van der Waals surface area contributed by atoms with E-state index in [9.17, 15) is 22.8 Å². The van der Waals surface area contributed by atoms with Crippen molar-refractivity contribution in [3.8, 4) is 5.75 Å². The number of carbonyl (C=O) groups is 2. The Labute approximate surface area is 177 Å². The van der Waals surface area contributed by atoms with E-state index < -0.39 is 29.3 Å². The van der Waals surface area contributed by atoms with Gasteiger partial charge in [-0.1, -0.05) is 12.0 Å². The van der Waals surface area contributed by atoms with E-state index in [2.05, 4.69) is 0 Å². The fraction of sp³-hybridized carbons (Fsp3) is 0.391. The average molecular weight is 433 g/mol. The molecule has 0 bridgehead atoms. The van der Waals surface area contributed by atoms with Crippen LogP contribution in [0, 0.1) is 6.92 Å². The first-order valence-corrected chi connectivity index (χ1v) is 10.1. The van der Waals surface area contributed by atoms with Crippen LogP contribution in [-0.2, 0) is 21.4 Å². The molecule has 1 aliphatic heterocycles. The van der Waals surface area contributed by atoms with Crippen LogP contribution >= 0.6 is 0 Å². The van der Waals surface area contributed by atoms with Crippen molar-refractivity contribution in [2.24, 2.45) is 7.05 Å². The number of esters is 2. The number of carbonyl (C=O) groups excluding carboxylic acids is 2. The summed E-state index contributed by atoms with van der Waals surface area (Å²) >= 11 is 0. The van der Waals surface area contributed by atoms with Crippen molar-refractivity contribution in [2.45, 2.75) is 45.2 Å². The molecule has 4 rings (SSSR count). The minimum absolute atomic E-state index is 0.139. The summed E-state index contributed by atoms with van der Waals surface area (Å²) in [4.78, 5) is 25.1. The van der Waals surface area contributed by atoms with E-state index in [1.165, 1.54) is 13.2 Å². The number of cyclic esters (lactones) is 2. The average Bonchev–Trinajstić information content (AvgIpc) is 3.15. The molecule has 2 aromatic rings. The number of aromatic nitrogens is 1. The summed E-state index contributed by atoms with van der Waals surface area (Å²) in [6, 6.07) is 4.84. The first-order chi connectivity index (χ1) is 14.6. The van der Waals surface area contributed by atoms with Gasteiger partial charge in [0.2, 0.25) is 0 Å². The summed E-state index contributed by atoms with van der Waals surface area (Å²) in [6.07, 6.45) is -1.46. The van der Waals surface area contributed by atoms with Crippen molar-refractivity contribution in [1.29, 1.82) is 0 Å². The highest BCUT2D eigenvalue weighted by Gasteiger charge is 2.48. The van der Waals surface area contributed by atoms with Crippen molar-refractivity contribution in [3.63, 3.8) is 0 Å². The van der Waals surface area contributed by atoms with Crippen LogP contribution in [0.25, 0.3) is 16.5 Å². The molecule has 1 saturated carbocycles. The fourth-order valence-electron chi connectivity index (χ4n) is 4.57. The van der Waals surface area contributed by atoms with Crippen LogP contribution in [0.2, 0.25) is 0 Å². The lowest BCUT2D eigenvalue weighted by atomic mass is 9.85. The number of halogens is 3. The number of nitrogens with zero attached hydrogens (tertiary/aromatic N) is 1. The second kappa shape index (κ2) is 7.59. The van der Waals surface area contributed by atoms with E-state index >= 15 is 0 Å². The monoisotopic (exact) mass is 433 g/mol. The number of ether oxygens (including phenoxy) is 2. The van der Waals surface area contributed by atoms with E-state index in [1.54, 1.807) is 30.7 Å². The van der Waals surface area contributed by atoms with Gasteiger partial charge in [-0.2, -0.15) is 13.2 Å². The molecule has 2 heterocycles. The molecule has 5 nitrogen and oxygen atoms in total. The van der Waals surface area contributed by atoms with Crippen LogP contribution in [-0.4, -0.2) is 29.8 Å². The minimum atomic E-state index is -4.89. The highest BCUT2D eigenvalue weighted by molar-refractivity contribution is 6.23. The van der Waals surface area contributed by atoms with Crippen LogP contribution < -0.4 is 4.74 Å². The third-order valence-corrected chi connectivity index (χ3v) is 6.14. The molecule has 164 valence electrons. The molecule has 0 spiro atoms. The normalized spacial score (nSPS) is 19.3. The quantitative estimate of drug-likeness (QED) is 0.373. The first-order valence-electron chi connectivity index (χ1n) is 10.1. The molecule has 2 fully saturated rings. The topological polar surface area (TPSA) is 57.5 Å². The number of hydrogen-bond donors (Lipinski definition) is 0. The van der Waals surface area contributed by atoms with E-state index in [0.717, 1.165) is 19.3 Å². The van der Waals surface area contributed by atoms with Crippen molar-refractivity contribution in [2.75, 3.05) is 7.11 Å². The van der Waals surface area contributed by atoms with Gasteiger partial charge in [0.1, 0.15) is 5.75 Å². The second-order valence-corrected chi connectivity index (χ2v) is 7.87. The van der Waals surface area contributed by atoms with Gasteiger partial charge in [0, 0.05) is 29.2 Å². The minimum Gasteiger partial charge on any atom is -0.497 e. The number of benzene rings is 1. The Kier molecular flexibility index (Phi) is 5.19. The Morgan fingerprint density at radius 2 is 1.77 bits per heavy atom. The molecule has 0 amide bonds. The van der Waals surface area contributed by atoms with Crippen LogP contribution in [0.4, 0.5) is 13.2 Å². The summed E-state index contributed by atoms with van der Waals surface area (Å²) in [5.74, 6) is -1.85. The third-order valence-electron chi connectivity index (χ3n) is 6.14. The standard InChI is InChI=1S/C23H22F3NO4/c1-12-17(15-11-14(30-3)9-10-16(15)27(12)2)20(23(24,25)26)19-18(21(28)31-22(19)29)13-7-5-4-6-8-13/h9-11H,4-8H2,1-3H3/b20-19-. The van der Waals surface area contributed by atoms with E-state index in [4.69, 9.17) is 9.47 Å². The lowest BCUT2D eigenvalue weighted by Gasteiger charge is -2.18. The predicted octanol–water partition coefficient (Wildman–Crippen LogP) is 5.16. The molecule has 0 atom stereocenters. The second-order valence-electron chi connectivity index (χ2n) is 7.87. The van der Waals surface area contributed by atoms with E-state index in [-0.39, 0.29) is 11.1 Å². The SMILES string of the molecule is COc1ccc2c(c1)c(/C(=C1/C(=O)OC(=O)C1=C1CCCCC1)C(F)(F)F)c(C)n2C. The Morgan fingerprint density at radius 3 is 2.39 bits per heavy atom. The molecule has 31 heavy (non-hydrogen) atoms. The number of allylic oxidation sites excluding steroid dienone is 2. The number of fused-ring (bicyclic) bond motifs is 1. The van der Waals surface area contributed by atoms with Crippen LogP contribution in [0.15, 0.2) is 34.9 Å². The zero-order chi connectivity index (χ0) is 22.5. The zero-order valence-electron chi connectivity index (χ0n) is 17.5. The molecule has 0 N–H and O–H groups in total. The Morgan fingerprint density at radius 1 is 1.10 bits per heavy atom. The number of methoxy groups -OCH3 is 1. The number of aryl methyl sites for hydroxylation is 1. The lowest BCUT2D eigenvalue weighted by Crippen LogP contribution is -2.17. The maximum Gasteiger partial charge on any atom is 0.417 e. The van der Waals surface area contributed by atoms with Crippen molar-refractivity contribution >= 4 is 28.4 Å². The molecule has 8 heteroatoms. The van der Waals surface area contributed by atoms with Crippen molar-refractivity contribution in [1.82, 2.24) is 4.57 Å². The Balaban J connectivity index is 2.13. The molecule has 1 saturated heterocycles. The Bertz CT molecular complexity index is 1160. The van der Waals surface area contributed by atoms with Gasteiger partial charge in [0.05, 0.1) is 23.8 Å². The highest BCUT2D eigenvalue weighted by Crippen LogP contribution is 2.47. The summed E-state index contributed by atoms with van der Waals surface area (Å²) in [5.41, 5.74) is -0.714.